The van der Waals surface area contributed by atoms with Crippen LogP contribution in [0.15, 0.2) is 41.6 Å². The summed E-state index contributed by atoms with van der Waals surface area (Å²) in [6, 6.07) is 6.96. The zero-order valence-corrected chi connectivity index (χ0v) is 19.6. The maximum Gasteiger partial charge on any atom is 0.352 e. The molecule has 3 atom stereocenters. The van der Waals surface area contributed by atoms with Gasteiger partial charge in [0.15, 0.2) is 0 Å². The fourth-order valence-corrected chi connectivity index (χ4v) is 5.55. The first kappa shape index (κ1) is 24.2. The number of nitrogens with zero attached hydrogens (tertiary/aromatic N) is 3. The molecule has 0 bridgehead atoms. The summed E-state index contributed by atoms with van der Waals surface area (Å²) in [5.74, 6) is -2.36. The Labute approximate surface area is 201 Å². The molecule has 2 saturated heterocycles. The lowest BCUT2D eigenvalue weighted by atomic mass is 10.00. The standard InChI is InChI=1S/C22H28N6O5S/c1-26-7-9-27(10-8-26)25-15(29)11-14-12-34-21-17(20(31)28(21)18(14)22(32)33)24-19(30)16(23)13-5-3-2-4-6-13/h2-6,16-17,21H,7-12,23H2,1H3,(H,24,30)(H,25,29)(H,32,33)/t16-,17+,21-/m0/s1. The van der Waals surface area contributed by atoms with Crippen LogP contribution in [0.1, 0.15) is 18.0 Å². The van der Waals surface area contributed by atoms with Gasteiger partial charge in [-0.1, -0.05) is 30.3 Å². The lowest BCUT2D eigenvalue weighted by Crippen LogP contribution is -2.71. The Morgan fingerprint density at radius 3 is 2.50 bits per heavy atom. The summed E-state index contributed by atoms with van der Waals surface area (Å²) in [5.41, 5.74) is 9.64. The van der Waals surface area contributed by atoms with Gasteiger partial charge in [-0.15, -0.1) is 11.8 Å². The number of nitrogens with one attached hydrogen (secondary N) is 2. The number of carbonyl (C=O) groups is 4. The van der Waals surface area contributed by atoms with Gasteiger partial charge in [0.1, 0.15) is 23.2 Å². The number of hydrazine groups is 1. The average molecular weight is 489 g/mol. The number of carbonyl (C=O) groups excluding carboxylic acids is 3. The largest absolute Gasteiger partial charge is 0.477 e. The molecule has 5 N–H and O–H groups in total. The summed E-state index contributed by atoms with van der Waals surface area (Å²) >= 11 is 1.32. The highest BCUT2D eigenvalue weighted by Gasteiger charge is 2.54. The summed E-state index contributed by atoms with van der Waals surface area (Å²) in [6.07, 6.45) is -0.118. The molecule has 2 fully saturated rings. The van der Waals surface area contributed by atoms with Crippen molar-refractivity contribution in [3.8, 4) is 0 Å². The number of hydrogen-bond donors (Lipinski definition) is 4. The van der Waals surface area contributed by atoms with Crippen molar-refractivity contribution >= 4 is 35.5 Å². The molecule has 0 spiro atoms. The van der Waals surface area contributed by atoms with Crippen molar-refractivity contribution in [3.05, 3.63) is 47.2 Å². The monoisotopic (exact) mass is 488 g/mol. The van der Waals surface area contributed by atoms with Crippen molar-refractivity contribution in [2.45, 2.75) is 23.9 Å². The highest BCUT2D eigenvalue weighted by molar-refractivity contribution is 8.00. The lowest BCUT2D eigenvalue weighted by molar-refractivity contribution is -0.151. The molecule has 4 rings (SSSR count). The molecule has 0 saturated carbocycles. The van der Waals surface area contributed by atoms with E-state index in [1.807, 2.05) is 18.1 Å². The number of carboxylic acid groups (broad SMARTS) is 1. The van der Waals surface area contributed by atoms with E-state index in [-0.39, 0.29) is 23.8 Å². The molecule has 1 aromatic rings. The van der Waals surface area contributed by atoms with Gasteiger partial charge < -0.3 is 21.1 Å². The van der Waals surface area contributed by atoms with E-state index in [2.05, 4.69) is 15.6 Å². The predicted octanol–water partition coefficient (Wildman–Crippen LogP) is -0.906. The molecule has 3 aliphatic heterocycles. The van der Waals surface area contributed by atoms with Crippen LogP contribution < -0.4 is 16.5 Å². The van der Waals surface area contributed by atoms with E-state index in [0.29, 0.717) is 24.2 Å². The van der Waals surface area contributed by atoms with Gasteiger partial charge in [-0.3, -0.25) is 24.7 Å². The quantitative estimate of drug-likeness (QED) is 0.358. The van der Waals surface area contributed by atoms with Gasteiger partial charge in [-0.05, 0) is 18.2 Å². The van der Waals surface area contributed by atoms with E-state index in [1.165, 1.54) is 11.8 Å². The number of β-lactam (4-membered cyclic amide) rings is 1. The number of rotatable bonds is 7. The van der Waals surface area contributed by atoms with Gasteiger partial charge in [-0.25, -0.2) is 9.80 Å². The first-order valence-corrected chi connectivity index (χ1v) is 12.0. The topological polar surface area (TPSA) is 148 Å². The maximum atomic E-state index is 12.8. The molecular formula is C22H28N6O5S. The number of likely N-dealkylation sites (N-methyl/N-ethyl adjacent to an activating group) is 1. The molecule has 0 aromatic heterocycles. The Bertz CT molecular complexity index is 1010. The number of benzene rings is 1. The summed E-state index contributed by atoms with van der Waals surface area (Å²) in [6.45, 7) is 3.01. The van der Waals surface area contributed by atoms with Crippen molar-refractivity contribution in [2.24, 2.45) is 5.73 Å². The second kappa shape index (κ2) is 10.1. The van der Waals surface area contributed by atoms with Crippen LogP contribution in [0.25, 0.3) is 0 Å². The summed E-state index contributed by atoms with van der Waals surface area (Å²) in [7, 11) is 2.01. The molecule has 182 valence electrons. The summed E-state index contributed by atoms with van der Waals surface area (Å²) in [5, 5.41) is 13.7. The highest BCUT2D eigenvalue weighted by atomic mass is 32.2. The van der Waals surface area contributed by atoms with E-state index in [9.17, 15) is 24.3 Å². The third-order valence-electron chi connectivity index (χ3n) is 6.15. The molecule has 0 unspecified atom stereocenters. The number of fused-ring (bicyclic) bond motifs is 1. The van der Waals surface area contributed by atoms with E-state index in [1.54, 1.807) is 24.3 Å². The number of piperazine rings is 1. The number of thioether (sulfide) groups is 1. The lowest BCUT2D eigenvalue weighted by Gasteiger charge is -2.49. The Morgan fingerprint density at radius 2 is 1.85 bits per heavy atom. The number of hydrogen-bond acceptors (Lipinski definition) is 8. The number of carboxylic acids is 1. The Hall–Kier alpha value is -2.93. The normalized spacial score (nSPS) is 24.2. The van der Waals surface area contributed by atoms with Gasteiger partial charge in [0.25, 0.3) is 5.91 Å². The minimum absolute atomic E-state index is 0.118. The van der Waals surface area contributed by atoms with Crippen molar-refractivity contribution in [2.75, 3.05) is 39.0 Å². The van der Waals surface area contributed by atoms with Crippen molar-refractivity contribution < 1.29 is 24.3 Å². The van der Waals surface area contributed by atoms with E-state index >= 15 is 0 Å². The fourth-order valence-electron chi connectivity index (χ4n) is 4.20. The molecule has 3 aliphatic rings. The van der Waals surface area contributed by atoms with Crippen molar-refractivity contribution in [1.82, 2.24) is 25.6 Å². The Kier molecular flexibility index (Phi) is 7.22. The van der Waals surface area contributed by atoms with Gasteiger partial charge in [0.05, 0.1) is 6.42 Å². The number of aliphatic carboxylic acids is 1. The molecular weight excluding hydrogens is 460 g/mol. The smallest absolute Gasteiger partial charge is 0.352 e. The second-order valence-corrected chi connectivity index (χ2v) is 9.65. The van der Waals surface area contributed by atoms with Crippen LogP contribution in [-0.2, 0) is 19.2 Å². The zero-order chi connectivity index (χ0) is 24.4. The average Bonchev–Trinajstić information content (AvgIpc) is 2.83. The minimum Gasteiger partial charge on any atom is -0.477 e. The predicted molar refractivity (Wildman–Crippen MR) is 125 cm³/mol. The molecule has 0 aliphatic carbocycles. The third kappa shape index (κ3) is 4.94. The van der Waals surface area contributed by atoms with Gasteiger partial charge >= 0.3 is 5.97 Å². The van der Waals surface area contributed by atoms with Gasteiger partial charge in [0.2, 0.25) is 11.8 Å². The van der Waals surface area contributed by atoms with Crippen molar-refractivity contribution in [3.63, 3.8) is 0 Å². The van der Waals surface area contributed by atoms with Crippen LogP contribution in [-0.4, -0.2) is 94.0 Å². The van der Waals surface area contributed by atoms with E-state index < -0.39 is 35.2 Å². The van der Waals surface area contributed by atoms with E-state index in [0.717, 1.165) is 18.0 Å². The van der Waals surface area contributed by atoms with Gasteiger partial charge in [-0.2, -0.15) is 0 Å². The highest BCUT2D eigenvalue weighted by Crippen LogP contribution is 2.41. The molecule has 1 aromatic carbocycles. The minimum atomic E-state index is -1.27. The Morgan fingerprint density at radius 1 is 1.18 bits per heavy atom. The molecule has 34 heavy (non-hydrogen) atoms. The van der Waals surface area contributed by atoms with Gasteiger partial charge in [0, 0.05) is 31.9 Å². The summed E-state index contributed by atoms with van der Waals surface area (Å²) in [4.78, 5) is 53.3. The van der Waals surface area contributed by atoms with Crippen LogP contribution >= 0.6 is 11.8 Å². The Balaban J connectivity index is 1.40. The zero-order valence-electron chi connectivity index (χ0n) is 18.8. The van der Waals surface area contributed by atoms with Crippen molar-refractivity contribution in [1.29, 1.82) is 0 Å². The SMILES string of the molecule is CN1CCN(NC(=O)CC2=C(C(=O)O)N3C(=O)[C@@H](NC(=O)[C@@H](N)c4ccccc4)[C@@H]3SC2)CC1. The van der Waals surface area contributed by atoms with Crippen LogP contribution in [0.2, 0.25) is 0 Å². The first-order chi connectivity index (χ1) is 16.3. The van der Waals surface area contributed by atoms with Crippen LogP contribution in [0.3, 0.4) is 0 Å². The fraction of sp³-hybridized carbons (Fsp3) is 0.455. The molecule has 11 nitrogen and oxygen atoms in total. The second-order valence-electron chi connectivity index (χ2n) is 8.54. The molecule has 12 heteroatoms. The maximum absolute atomic E-state index is 12.8. The number of amides is 3. The van der Waals surface area contributed by atoms with E-state index in [4.69, 9.17) is 5.73 Å². The molecule has 3 amide bonds. The first-order valence-electron chi connectivity index (χ1n) is 11.0. The molecule has 0 radical (unpaired) electrons. The number of nitrogens with two attached hydrogens (primary N) is 1. The van der Waals surface area contributed by atoms with Crippen LogP contribution in [0.5, 0.6) is 0 Å². The van der Waals surface area contributed by atoms with Crippen LogP contribution in [0, 0.1) is 0 Å². The molecule has 3 heterocycles. The third-order valence-corrected chi connectivity index (χ3v) is 7.49. The summed E-state index contributed by atoms with van der Waals surface area (Å²) < 4.78 is 0. The van der Waals surface area contributed by atoms with Crippen LogP contribution in [0.4, 0.5) is 0 Å².